The summed E-state index contributed by atoms with van der Waals surface area (Å²) in [7, 11) is 0. The second kappa shape index (κ2) is 7.84. The predicted molar refractivity (Wildman–Crippen MR) is 80.3 cm³/mol. The van der Waals surface area contributed by atoms with Crippen molar-refractivity contribution in [1.82, 2.24) is 15.6 Å². The first-order chi connectivity index (χ1) is 9.38. The van der Waals surface area contributed by atoms with Crippen LogP contribution in [0, 0.1) is 5.92 Å². The Bertz CT molecular complexity index is 459. The van der Waals surface area contributed by atoms with Crippen LogP contribution in [0.5, 0.6) is 0 Å². The second-order valence-corrected chi connectivity index (χ2v) is 5.99. The van der Waals surface area contributed by atoms with Crippen LogP contribution >= 0.6 is 11.3 Å². The zero-order valence-corrected chi connectivity index (χ0v) is 12.9. The van der Waals surface area contributed by atoms with Crippen molar-refractivity contribution in [3.63, 3.8) is 0 Å². The van der Waals surface area contributed by atoms with Gasteiger partial charge in [-0.25, -0.2) is 4.98 Å². The highest BCUT2D eigenvalue weighted by Gasteiger charge is 2.20. The van der Waals surface area contributed by atoms with Crippen LogP contribution in [0.25, 0.3) is 0 Å². The zero-order valence-electron chi connectivity index (χ0n) is 12.1. The molecule has 0 aliphatic rings. The van der Waals surface area contributed by atoms with E-state index in [0.29, 0.717) is 30.4 Å². The van der Waals surface area contributed by atoms with E-state index in [0.717, 1.165) is 5.69 Å². The summed E-state index contributed by atoms with van der Waals surface area (Å²) in [5.74, 6) is -0.0221. The van der Waals surface area contributed by atoms with Gasteiger partial charge in [0.1, 0.15) is 6.04 Å². The SMILES string of the molecule is CC(=O)N[C@@H](CC(C)C)C(=O)NCCc1csc(N)n1. The molecule has 1 rings (SSSR count). The summed E-state index contributed by atoms with van der Waals surface area (Å²) in [5, 5.41) is 7.91. The van der Waals surface area contributed by atoms with E-state index in [1.165, 1.54) is 18.3 Å². The Morgan fingerprint density at radius 1 is 1.45 bits per heavy atom. The van der Waals surface area contributed by atoms with Crippen molar-refractivity contribution in [2.45, 2.75) is 39.7 Å². The molecule has 1 aromatic heterocycles. The molecule has 0 unspecified atom stereocenters. The second-order valence-electron chi connectivity index (χ2n) is 5.10. The zero-order chi connectivity index (χ0) is 15.1. The number of nitrogens with one attached hydrogen (secondary N) is 2. The molecule has 1 heterocycles. The first kappa shape index (κ1) is 16.4. The summed E-state index contributed by atoms with van der Waals surface area (Å²) in [6.07, 6.45) is 1.25. The number of thiazole rings is 1. The molecule has 0 aliphatic heterocycles. The number of nitrogens with two attached hydrogens (primary N) is 1. The third-order valence-corrected chi connectivity index (χ3v) is 3.37. The minimum absolute atomic E-state index is 0.155. The largest absolute Gasteiger partial charge is 0.375 e. The summed E-state index contributed by atoms with van der Waals surface area (Å²) in [6, 6.07) is -0.479. The number of aromatic nitrogens is 1. The van der Waals surface area contributed by atoms with E-state index in [9.17, 15) is 9.59 Å². The number of hydrogen-bond acceptors (Lipinski definition) is 5. The summed E-state index contributed by atoms with van der Waals surface area (Å²) < 4.78 is 0. The smallest absolute Gasteiger partial charge is 0.242 e. The van der Waals surface area contributed by atoms with Gasteiger partial charge in [-0.3, -0.25) is 9.59 Å². The Kier molecular flexibility index (Phi) is 6.44. The maximum atomic E-state index is 12.0. The minimum atomic E-state index is -0.479. The van der Waals surface area contributed by atoms with Crippen molar-refractivity contribution in [1.29, 1.82) is 0 Å². The summed E-state index contributed by atoms with van der Waals surface area (Å²) >= 11 is 1.38. The molecule has 0 aromatic carbocycles. The summed E-state index contributed by atoms with van der Waals surface area (Å²) in [6.45, 7) is 5.93. The molecule has 1 atom stereocenters. The topological polar surface area (TPSA) is 97.1 Å². The number of rotatable bonds is 7. The molecular weight excluding hydrogens is 276 g/mol. The molecule has 0 radical (unpaired) electrons. The van der Waals surface area contributed by atoms with E-state index in [2.05, 4.69) is 15.6 Å². The lowest BCUT2D eigenvalue weighted by Gasteiger charge is -2.19. The van der Waals surface area contributed by atoms with Crippen LogP contribution < -0.4 is 16.4 Å². The quantitative estimate of drug-likeness (QED) is 0.697. The van der Waals surface area contributed by atoms with Crippen molar-refractivity contribution in [2.24, 2.45) is 5.92 Å². The molecule has 0 aliphatic carbocycles. The number of nitrogens with zero attached hydrogens (tertiary/aromatic N) is 1. The monoisotopic (exact) mass is 298 g/mol. The van der Waals surface area contributed by atoms with Crippen LogP contribution in [-0.2, 0) is 16.0 Å². The fourth-order valence-electron chi connectivity index (χ4n) is 1.82. The van der Waals surface area contributed by atoms with Crippen LogP contribution in [0.3, 0.4) is 0 Å². The number of nitrogen functional groups attached to an aromatic ring is 1. The first-order valence-electron chi connectivity index (χ1n) is 6.63. The van der Waals surface area contributed by atoms with Gasteiger partial charge in [-0.15, -0.1) is 11.3 Å². The van der Waals surface area contributed by atoms with Gasteiger partial charge < -0.3 is 16.4 Å². The highest BCUT2D eigenvalue weighted by molar-refractivity contribution is 7.13. The molecule has 0 spiro atoms. The lowest BCUT2D eigenvalue weighted by atomic mass is 10.0. The van der Waals surface area contributed by atoms with Crippen LogP contribution in [0.2, 0.25) is 0 Å². The Morgan fingerprint density at radius 3 is 2.65 bits per heavy atom. The van der Waals surface area contributed by atoms with Crippen LogP contribution in [0.15, 0.2) is 5.38 Å². The fourth-order valence-corrected chi connectivity index (χ4v) is 2.42. The van der Waals surface area contributed by atoms with Gasteiger partial charge in [0.25, 0.3) is 0 Å². The standard InChI is InChI=1S/C13H22N4O2S/c1-8(2)6-11(16-9(3)18)12(19)15-5-4-10-7-20-13(14)17-10/h7-8,11H,4-6H2,1-3H3,(H2,14,17)(H,15,19)(H,16,18)/t11-/m0/s1. The molecule has 2 amide bonds. The molecule has 20 heavy (non-hydrogen) atoms. The maximum absolute atomic E-state index is 12.0. The molecule has 7 heteroatoms. The molecule has 1 aromatic rings. The van der Waals surface area contributed by atoms with Gasteiger partial charge in [0.15, 0.2) is 5.13 Å². The maximum Gasteiger partial charge on any atom is 0.242 e. The lowest BCUT2D eigenvalue weighted by Crippen LogP contribution is -2.47. The van der Waals surface area contributed by atoms with Crippen LogP contribution in [0.1, 0.15) is 32.9 Å². The Balaban J connectivity index is 2.42. The number of amides is 2. The van der Waals surface area contributed by atoms with Crippen LogP contribution in [0.4, 0.5) is 5.13 Å². The fraction of sp³-hybridized carbons (Fsp3) is 0.615. The van der Waals surface area contributed by atoms with Gasteiger partial charge in [-0.1, -0.05) is 13.8 Å². The average molecular weight is 298 g/mol. The van der Waals surface area contributed by atoms with Crippen molar-refractivity contribution < 1.29 is 9.59 Å². The van der Waals surface area contributed by atoms with Gasteiger partial charge in [0, 0.05) is 25.3 Å². The number of hydrogen-bond donors (Lipinski definition) is 3. The predicted octanol–water partition coefficient (Wildman–Crippen LogP) is 0.935. The lowest BCUT2D eigenvalue weighted by molar-refractivity contribution is -0.128. The van der Waals surface area contributed by atoms with E-state index in [4.69, 9.17) is 5.73 Å². The first-order valence-corrected chi connectivity index (χ1v) is 7.51. The molecule has 112 valence electrons. The van der Waals surface area contributed by atoms with E-state index >= 15 is 0 Å². The number of carbonyl (C=O) groups is 2. The van der Waals surface area contributed by atoms with Crippen molar-refractivity contribution in [2.75, 3.05) is 12.3 Å². The van der Waals surface area contributed by atoms with Crippen LogP contribution in [-0.4, -0.2) is 29.4 Å². The Labute approximate surface area is 123 Å². The van der Waals surface area contributed by atoms with Crippen molar-refractivity contribution >= 4 is 28.3 Å². The molecule has 4 N–H and O–H groups in total. The molecule has 0 bridgehead atoms. The summed E-state index contributed by atoms with van der Waals surface area (Å²) in [4.78, 5) is 27.3. The average Bonchev–Trinajstić information content (AvgIpc) is 2.73. The molecule has 6 nitrogen and oxygen atoms in total. The molecular formula is C13H22N4O2S. The van der Waals surface area contributed by atoms with Gasteiger partial charge in [-0.05, 0) is 12.3 Å². The van der Waals surface area contributed by atoms with Gasteiger partial charge >= 0.3 is 0 Å². The van der Waals surface area contributed by atoms with E-state index in [-0.39, 0.29) is 11.8 Å². The third-order valence-electron chi connectivity index (χ3n) is 2.65. The van der Waals surface area contributed by atoms with E-state index in [1.54, 1.807) is 0 Å². The summed E-state index contributed by atoms with van der Waals surface area (Å²) in [5.41, 5.74) is 6.41. The van der Waals surface area contributed by atoms with E-state index < -0.39 is 6.04 Å². The van der Waals surface area contributed by atoms with Gasteiger partial charge in [-0.2, -0.15) is 0 Å². The normalized spacial score (nSPS) is 12.2. The minimum Gasteiger partial charge on any atom is -0.375 e. The highest BCUT2D eigenvalue weighted by Crippen LogP contribution is 2.11. The van der Waals surface area contributed by atoms with E-state index in [1.807, 2.05) is 19.2 Å². The Morgan fingerprint density at radius 2 is 2.15 bits per heavy atom. The molecule has 0 fully saturated rings. The third kappa shape index (κ3) is 6.01. The molecule has 0 saturated carbocycles. The van der Waals surface area contributed by atoms with Gasteiger partial charge in [0.2, 0.25) is 11.8 Å². The van der Waals surface area contributed by atoms with Crippen molar-refractivity contribution in [3.05, 3.63) is 11.1 Å². The number of anilines is 1. The Hall–Kier alpha value is -1.63. The van der Waals surface area contributed by atoms with Crippen molar-refractivity contribution in [3.8, 4) is 0 Å². The number of carbonyl (C=O) groups excluding carboxylic acids is 2. The molecule has 0 saturated heterocycles. The highest BCUT2D eigenvalue weighted by atomic mass is 32.1. The van der Waals surface area contributed by atoms with Gasteiger partial charge in [0.05, 0.1) is 5.69 Å².